The van der Waals surface area contributed by atoms with Crippen LogP contribution >= 0.6 is 0 Å². The van der Waals surface area contributed by atoms with E-state index in [1.165, 1.54) is 11.1 Å². The standard InChI is InChI=1S/C25H30N4O2/c1-19-5-7-21(8-6-19)23-15-22(31-27-23)16-25(24(30)28(2)3)11-4-14-29(18-25)17-20-9-12-26-13-10-20/h5-10,12-13,15H,4,11,14,16-18H2,1-3H3/t25-/m0/s1. The first-order chi connectivity index (χ1) is 14.9. The second-order valence-corrected chi connectivity index (χ2v) is 8.87. The molecule has 0 aliphatic carbocycles. The highest BCUT2D eigenvalue weighted by molar-refractivity contribution is 5.83. The molecule has 0 spiro atoms. The van der Waals surface area contributed by atoms with Gasteiger partial charge in [0, 0.05) is 57.6 Å². The Kier molecular flexibility index (Phi) is 6.18. The van der Waals surface area contributed by atoms with Crippen LogP contribution in [0.4, 0.5) is 0 Å². The van der Waals surface area contributed by atoms with E-state index in [-0.39, 0.29) is 5.91 Å². The minimum Gasteiger partial charge on any atom is -0.361 e. The maximum Gasteiger partial charge on any atom is 0.230 e. The molecule has 1 atom stereocenters. The molecule has 0 N–H and O–H groups in total. The summed E-state index contributed by atoms with van der Waals surface area (Å²) in [4.78, 5) is 21.6. The molecule has 4 rings (SSSR count). The number of benzene rings is 1. The number of carbonyl (C=O) groups excluding carboxylic acids is 1. The Labute approximate surface area is 183 Å². The van der Waals surface area contributed by atoms with Crippen molar-refractivity contribution in [2.45, 2.75) is 32.7 Å². The number of carbonyl (C=O) groups is 1. The number of piperidine rings is 1. The van der Waals surface area contributed by atoms with Gasteiger partial charge in [0.15, 0.2) is 0 Å². The number of pyridine rings is 1. The minimum absolute atomic E-state index is 0.153. The van der Waals surface area contributed by atoms with Crippen molar-refractivity contribution in [3.63, 3.8) is 0 Å². The fourth-order valence-corrected chi connectivity index (χ4v) is 4.57. The van der Waals surface area contributed by atoms with E-state index in [0.29, 0.717) is 13.0 Å². The number of likely N-dealkylation sites (tertiary alicyclic amines) is 1. The second-order valence-electron chi connectivity index (χ2n) is 8.87. The third kappa shape index (κ3) is 4.85. The summed E-state index contributed by atoms with van der Waals surface area (Å²) in [6, 6.07) is 14.3. The third-order valence-electron chi connectivity index (χ3n) is 6.09. The van der Waals surface area contributed by atoms with E-state index in [1.807, 2.05) is 44.7 Å². The zero-order chi connectivity index (χ0) is 21.8. The Balaban J connectivity index is 1.56. The number of nitrogens with zero attached hydrogens (tertiary/aromatic N) is 4. The molecule has 1 aliphatic rings. The van der Waals surface area contributed by atoms with Gasteiger partial charge in [0.2, 0.25) is 5.91 Å². The third-order valence-corrected chi connectivity index (χ3v) is 6.09. The fourth-order valence-electron chi connectivity index (χ4n) is 4.57. The van der Waals surface area contributed by atoms with Crippen molar-refractivity contribution < 1.29 is 9.32 Å². The number of amides is 1. The van der Waals surface area contributed by atoms with Crippen LogP contribution in [0, 0.1) is 12.3 Å². The van der Waals surface area contributed by atoms with Crippen LogP contribution in [0.25, 0.3) is 11.3 Å². The van der Waals surface area contributed by atoms with Gasteiger partial charge in [-0.2, -0.15) is 0 Å². The van der Waals surface area contributed by atoms with Crippen LogP contribution in [0.3, 0.4) is 0 Å². The normalized spacial score (nSPS) is 19.3. The largest absolute Gasteiger partial charge is 0.361 e. The highest BCUT2D eigenvalue weighted by atomic mass is 16.5. The number of hydrogen-bond acceptors (Lipinski definition) is 5. The van der Waals surface area contributed by atoms with Gasteiger partial charge in [0.05, 0.1) is 5.41 Å². The molecule has 6 heteroatoms. The number of aromatic nitrogens is 2. The first-order valence-electron chi connectivity index (χ1n) is 10.8. The van der Waals surface area contributed by atoms with Gasteiger partial charge in [-0.05, 0) is 44.0 Å². The van der Waals surface area contributed by atoms with E-state index >= 15 is 0 Å². The molecule has 2 aromatic heterocycles. The van der Waals surface area contributed by atoms with Crippen molar-refractivity contribution in [3.8, 4) is 11.3 Å². The van der Waals surface area contributed by atoms with Crippen LogP contribution in [0.5, 0.6) is 0 Å². The van der Waals surface area contributed by atoms with E-state index in [9.17, 15) is 4.79 Å². The number of rotatable bonds is 6. The monoisotopic (exact) mass is 418 g/mol. The average molecular weight is 419 g/mol. The predicted molar refractivity (Wildman–Crippen MR) is 120 cm³/mol. The molecule has 0 unspecified atom stereocenters. The molecule has 1 fully saturated rings. The number of aryl methyl sites for hydroxylation is 1. The van der Waals surface area contributed by atoms with Crippen LogP contribution in [-0.2, 0) is 17.8 Å². The summed E-state index contributed by atoms with van der Waals surface area (Å²) < 4.78 is 5.71. The highest BCUT2D eigenvalue weighted by Gasteiger charge is 2.44. The molecule has 1 amide bonds. The molecule has 0 bridgehead atoms. The maximum atomic E-state index is 13.4. The molecule has 1 aliphatic heterocycles. The Morgan fingerprint density at radius 3 is 2.61 bits per heavy atom. The summed E-state index contributed by atoms with van der Waals surface area (Å²) in [6.45, 7) is 4.56. The molecule has 31 heavy (non-hydrogen) atoms. The summed E-state index contributed by atoms with van der Waals surface area (Å²) in [5, 5.41) is 4.28. The van der Waals surface area contributed by atoms with Crippen molar-refractivity contribution in [1.82, 2.24) is 19.9 Å². The summed E-state index contributed by atoms with van der Waals surface area (Å²) in [5.41, 5.74) is 3.74. The van der Waals surface area contributed by atoms with E-state index in [1.54, 1.807) is 4.90 Å². The van der Waals surface area contributed by atoms with Gasteiger partial charge in [-0.25, -0.2) is 0 Å². The SMILES string of the molecule is Cc1ccc(-c2cc(C[C@@]3(C(=O)N(C)C)CCCN(Cc4ccncc4)C3)on2)cc1. The summed E-state index contributed by atoms with van der Waals surface area (Å²) >= 11 is 0. The van der Waals surface area contributed by atoms with Gasteiger partial charge in [0.25, 0.3) is 0 Å². The molecule has 3 heterocycles. The lowest BCUT2D eigenvalue weighted by molar-refractivity contribution is -0.143. The van der Waals surface area contributed by atoms with Gasteiger partial charge in [0.1, 0.15) is 11.5 Å². The van der Waals surface area contributed by atoms with Gasteiger partial charge in [-0.3, -0.25) is 14.7 Å². The van der Waals surface area contributed by atoms with Crippen molar-refractivity contribution in [1.29, 1.82) is 0 Å². The van der Waals surface area contributed by atoms with Crippen molar-refractivity contribution in [3.05, 3.63) is 71.7 Å². The second kappa shape index (κ2) is 9.02. The molecular weight excluding hydrogens is 388 g/mol. The average Bonchev–Trinajstić information content (AvgIpc) is 3.22. The van der Waals surface area contributed by atoms with Crippen molar-refractivity contribution >= 4 is 5.91 Å². The Morgan fingerprint density at radius 1 is 1.16 bits per heavy atom. The molecule has 0 saturated carbocycles. The summed E-state index contributed by atoms with van der Waals surface area (Å²) in [6.07, 6.45) is 6.01. The molecule has 1 aromatic carbocycles. The first kappa shape index (κ1) is 21.2. The number of hydrogen-bond donors (Lipinski definition) is 0. The van der Waals surface area contributed by atoms with Crippen molar-refractivity contribution in [2.75, 3.05) is 27.2 Å². The van der Waals surface area contributed by atoms with Crippen LogP contribution in [0.2, 0.25) is 0 Å². The van der Waals surface area contributed by atoms with Crippen LogP contribution in [0.15, 0.2) is 59.4 Å². The van der Waals surface area contributed by atoms with E-state index in [0.717, 1.165) is 42.9 Å². The lowest BCUT2D eigenvalue weighted by atomic mass is 9.75. The Morgan fingerprint density at radius 2 is 1.90 bits per heavy atom. The van der Waals surface area contributed by atoms with Crippen molar-refractivity contribution in [2.24, 2.45) is 5.41 Å². The first-order valence-corrected chi connectivity index (χ1v) is 10.8. The van der Waals surface area contributed by atoms with Gasteiger partial charge in [-0.15, -0.1) is 0 Å². The summed E-state index contributed by atoms with van der Waals surface area (Å²) in [5.74, 6) is 0.914. The lowest BCUT2D eigenvalue weighted by Gasteiger charge is -2.42. The van der Waals surface area contributed by atoms with Crippen LogP contribution < -0.4 is 0 Å². The van der Waals surface area contributed by atoms with E-state index in [2.05, 4.69) is 46.2 Å². The van der Waals surface area contributed by atoms with E-state index < -0.39 is 5.41 Å². The zero-order valence-corrected chi connectivity index (χ0v) is 18.5. The topological polar surface area (TPSA) is 62.5 Å². The molecular formula is C25H30N4O2. The van der Waals surface area contributed by atoms with Crippen LogP contribution in [0.1, 0.15) is 29.7 Å². The maximum absolute atomic E-state index is 13.4. The Hall–Kier alpha value is -2.99. The Bertz CT molecular complexity index is 1010. The quantitative estimate of drug-likeness (QED) is 0.606. The van der Waals surface area contributed by atoms with Gasteiger partial charge in [-0.1, -0.05) is 35.0 Å². The predicted octanol–water partition coefficient (Wildman–Crippen LogP) is 3.96. The van der Waals surface area contributed by atoms with Gasteiger partial charge >= 0.3 is 0 Å². The zero-order valence-electron chi connectivity index (χ0n) is 18.5. The minimum atomic E-state index is -0.515. The highest BCUT2D eigenvalue weighted by Crippen LogP contribution is 2.37. The smallest absolute Gasteiger partial charge is 0.230 e. The molecule has 0 radical (unpaired) electrons. The fraction of sp³-hybridized carbons (Fsp3) is 0.400. The van der Waals surface area contributed by atoms with E-state index in [4.69, 9.17) is 4.52 Å². The molecule has 1 saturated heterocycles. The molecule has 3 aromatic rings. The summed E-state index contributed by atoms with van der Waals surface area (Å²) in [7, 11) is 3.67. The molecule has 6 nitrogen and oxygen atoms in total. The lowest BCUT2D eigenvalue weighted by Crippen LogP contribution is -2.52. The van der Waals surface area contributed by atoms with Crippen LogP contribution in [-0.4, -0.2) is 53.0 Å². The molecule has 162 valence electrons. The van der Waals surface area contributed by atoms with Gasteiger partial charge < -0.3 is 9.42 Å².